The zero-order valence-corrected chi connectivity index (χ0v) is 16.8. The molecule has 0 atom stereocenters. The van der Waals surface area contributed by atoms with Gasteiger partial charge in [-0.3, -0.25) is 0 Å². The van der Waals surface area contributed by atoms with Crippen LogP contribution in [0.5, 0.6) is 0 Å². The highest BCUT2D eigenvalue weighted by Crippen LogP contribution is 2.45. The number of fused-ring (bicyclic) bond motifs is 1. The lowest BCUT2D eigenvalue weighted by Crippen LogP contribution is -2.13. The van der Waals surface area contributed by atoms with Gasteiger partial charge < -0.3 is 5.32 Å². The minimum Gasteiger partial charge on any atom is -0.355 e. The van der Waals surface area contributed by atoms with Crippen molar-refractivity contribution in [3.63, 3.8) is 0 Å². The maximum atomic E-state index is 4.22. The standard InChI is InChI=1S/C25H29N/c1-8-9-22-18(6)19(7)26-25-17(5)14-16(4)23(24(22)25)21-12-10-20(11-13-21)15(2)3/h8-15,26H,7H2,1-6H3/b9-8-. The van der Waals surface area contributed by atoms with Crippen LogP contribution >= 0.6 is 0 Å². The van der Waals surface area contributed by atoms with Gasteiger partial charge >= 0.3 is 0 Å². The summed E-state index contributed by atoms with van der Waals surface area (Å²) in [7, 11) is 0. The van der Waals surface area contributed by atoms with Crippen molar-refractivity contribution in [1.82, 2.24) is 0 Å². The molecule has 0 spiro atoms. The van der Waals surface area contributed by atoms with Gasteiger partial charge in [-0.05, 0) is 72.6 Å². The normalized spacial score (nSPS) is 14.2. The Labute approximate surface area is 158 Å². The number of anilines is 1. The molecule has 2 aromatic carbocycles. The molecular weight excluding hydrogens is 314 g/mol. The summed E-state index contributed by atoms with van der Waals surface area (Å²) in [5, 5.41) is 3.55. The summed E-state index contributed by atoms with van der Waals surface area (Å²) in [5.74, 6) is 0.544. The quantitative estimate of drug-likeness (QED) is 0.613. The van der Waals surface area contributed by atoms with Gasteiger partial charge in [0.2, 0.25) is 0 Å². The topological polar surface area (TPSA) is 12.0 Å². The minimum absolute atomic E-state index is 0.544. The number of benzene rings is 2. The number of allylic oxidation sites excluding steroid dienone is 4. The summed E-state index contributed by atoms with van der Waals surface area (Å²) in [6.07, 6.45) is 4.33. The predicted molar refractivity (Wildman–Crippen MR) is 116 cm³/mol. The summed E-state index contributed by atoms with van der Waals surface area (Å²) in [6.45, 7) is 17.3. The Morgan fingerprint density at radius 1 is 0.962 bits per heavy atom. The lowest BCUT2D eigenvalue weighted by molar-refractivity contribution is 0.867. The van der Waals surface area contributed by atoms with Crippen LogP contribution in [0.1, 0.15) is 55.9 Å². The van der Waals surface area contributed by atoms with Crippen LogP contribution in [0.2, 0.25) is 0 Å². The summed E-state index contributed by atoms with van der Waals surface area (Å²) in [4.78, 5) is 0. The zero-order valence-electron chi connectivity index (χ0n) is 16.8. The Kier molecular flexibility index (Phi) is 4.91. The molecule has 1 heterocycles. The van der Waals surface area contributed by atoms with Crippen LogP contribution in [0.25, 0.3) is 16.7 Å². The van der Waals surface area contributed by atoms with Crippen molar-refractivity contribution in [2.45, 2.75) is 47.5 Å². The molecule has 1 N–H and O–H groups in total. The fourth-order valence-corrected chi connectivity index (χ4v) is 3.80. The second kappa shape index (κ2) is 6.99. The lowest BCUT2D eigenvalue weighted by Gasteiger charge is -2.29. The molecular formula is C25H29N. The van der Waals surface area contributed by atoms with E-state index in [1.165, 1.54) is 50.2 Å². The van der Waals surface area contributed by atoms with E-state index in [2.05, 4.69) is 95.9 Å². The van der Waals surface area contributed by atoms with Gasteiger partial charge in [-0.25, -0.2) is 0 Å². The lowest BCUT2D eigenvalue weighted by atomic mass is 9.83. The number of hydrogen-bond acceptors (Lipinski definition) is 1. The van der Waals surface area contributed by atoms with Crippen molar-refractivity contribution in [2.75, 3.05) is 5.32 Å². The first-order valence-electron chi connectivity index (χ1n) is 9.40. The molecule has 0 saturated heterocycles. The van der Waals surface area contributed by atoms with Crippen molar-refractivity contribution < 1.29 is 0 Å². The molecule has 2 aromatic rings. The van der Waals surface area contributed by atoms with Crippen LogP contribution in [0.4, 0.5) is 5.69 Å². The Balaban J connectivity index is 2.32. The van der Waals surface area contributed by atoms with Crippen LogP contribution in [0.15, 0.2) is 60.3 Å². The van der Waals surface area contributed by atoms with Crippen LogP contribution in [-0.2, 0) is 0 Å². The van der Waals surface area contributed by atoms with E-state index < -0.39 is 0 Å². The van der Waals surface area contributed by atoms with Gasteiger partial charge in [0.1, 0.15) is 0 Å². The smallest absolute Gasteiger partial charge is 0.0500 e. The molecule has 134 valence electrons. The fraction of sp³-hybridized carbons (Fsp3) is 0.280. The molecule has 0 unspecified atom stereocenters. The van der Waals surface area contributed by atoms with E-state index in [-0.39, 0.29) is 0 Å². The van der Waals surface area contributed by atoms with E-state index in [0.717, 1.165) is 5.70 Å². The highest BCUT2D eigenvalue weighted by Gasteiger charge is 2.24. The molecule has 0 bridgehead atoms. The van der Waals surface area contributed by atoms with Gasteiger partial charge in [-0.1, -0.05) is 62.9 Å². The van der Waals surface area contributed by atoms with Crippen molar-refractivity contribution in [1.29, 1.82) is 0 Å². The minimum atomic E-state index is 0.544. The van der Waals surface area contributed by atoms with Gasteiger partial charge in [0.15, 0.2) is 0 Å². The summed E-state index contributed by atoms with van der Waals surface area (Å²) in [5.41, 5.74) is 12.5. The van der Waals surface area contributed by atoms with Crippen molar-refractivity contribution in [3.05, 3.63) is 82.6 Å². The Morgan fingerprint density at radius 2 is 1.62 bits per heavy atom. The van der Waals surface area contributed by atoms with E-state index in [1.54, 1.807) is 0 Å². The SMILES string of the molecule is C=C1Nc2c(C)cc(C)c(-c3ccc(C(C)C)cc3)c2C(/C=C\C)=C1C. The summed E-state index contributed by atoms with van der Waals surface area (Å²) >= 11 is 0. The average molecular weight is 344 g/mol. The van der Waals surface area contributed by atoms with Crippen LogP contribution in [0, 0.1) is 13.8 Å². The van der Waals surface area contributed by atoms with Crippen LogP contribution in [0.3, 0.4) is 0 Å². The molecule has 1 heteroatoms. The second-order valence-electron chi connectivity index (χ2n) is 7.55. The van der Waals surface area contributed by atoms with E-state index in [9.17, 15) is 0 Å². The largest absolute Gasteiger partial charge is 0.355 e. The second-order valence-corrected chi connectivity index (χ2v) is 7.55. The average Bonchev–Trinajstić information content (AvgIpc) is 2.60. The molecule has 3 rings (SSSR count). The highest BCUT2D eigenvalue weighted by molar-refractivity contribution is 5.99. The molecule has 26 heavy (non-hydrogen) atoms. The molecule has 0 aliphatic carbocycles. The van der Waals surface area contributed by atoms with Gasteiger partial charge in [0.05, 0.1) is 0 Å². The molecule has 1 aliphatic heterocycles. The third-order valence-electron chi connectivity index (χ3n) is 5.32. The molecule has 1 aliphatic rings. The Hall–Kier alpha value is -2.54. The number of aryl methyl sites for hydroxylation is 2. The van der Waals surface area contributed by atoms with Crippen LogP contribution in [-0.4, -0.2) is 0 Å². The van der Waals surface area contributed by atoms with E-state index in [1.807, 2.05) is 0 Å². The van der Waals surface area contributed by atoms with Gasteiger partial charge in [-0.2, -0.15) is 0 Å². The first-order chi connectivity index (χ1) is 12.3. The molecule has 0 aromatic heterocycles. The Bertz CT molecular complexity index is 922. The van der Waals surface area contributed by atoms with Gasteiger partial charge in [0.25, 0.3) is 0 Å². The maximum absolute atomic E-state index is 4.22. The predicted octanol–water partition coefficient (Wildman–Crippen LogP) is 7.38. The highest BCUT2D eigenvalue weighted by atomic mass is 14.9. The fourth-order valence-electron chi connectivity index (χ4n) is 3.80. The Morgan fingerprint density at radius 3 is 2.19 bits per heavy atom. The third-order valence-corrected chi connectivity index (χ3v) is 5.32. The number of rotatable bonds is 3. The summed E-state index contributed by atoms with van der Waals surface area (Å²) in [6, 6.07) is 11.3. The van der Waals surface area contributed by atoms with Crippen LogP contribution < -0.4 is 5.32 Å². The van der Waals surface area contributed by atoms with Crippen molar-refractivity contribution >= 4 is 11.3 Å². The molecule has 1 nitrogen and oxygen atoms in total. The third kappa shape index (κ3) is 3.03. The number of hydrogen-bond donors (Lipinski definition) is 1. The van der Waals surface area contributed by atoms with Crippen molar-refractivity contribution in [3.8, 4) is 11.1 Å². The molecule has 0 amide bonds. The monoisotopic (exact) mass is 343 g/mol. The van der Waals surface area contributed by atoms with E-state index >= 15 is 0 Å². The van der Waals surface area contributed by atoms with Crippen molar-refractivity contribution in [2.24, 2.45) is 0 Å². The van der Waals surface area contributed by atoms with Gasteiger partial charge in [0, 0.05) is 16.9 Å². The van der Waals surface area contributed by atoms with E-state index in [4.69, 9.17) is 0 Å². The number of nitrogens with one attached hydrogen (secondary N) is 1. The first kappa shape index (κ1) is 18.3. The first-order valence-corrected chi connectivity index (χ1v) is 9.40. The molecule has 0 radical (unpaired) electrons. The van der Waals surface area contributed by atoms with E-state index in [0.29, 0.717) is 5.92 Å². The molecule has 0 fully saturated rings. The summed E-state index contributed by atoms with van der Waals surface area (Å²) < 4.78 is 0. The maximum Gasteiger partial charge on any atom is 0.0500 e. The molecule has 0 saturated carbocycles. The zero-order chi connectivity index (χ0) is 19.0. The van der Waals surface area contributed by atoms with Gasteiger partial charge in [-0.15, -0.1) is 0 Å².